The molecule has 1 aromatic carbocycles. The predicted molar refractivity (Wildman–Crippen MR) is 87.4 cm³/mol. The molecule has 6 heteroatoms. The lowest BCUT2D eigenvalue weighted by molar-refractivity contribution is -0.118. The molecule has 2 amide bonds. The Morgan fingerprint density at radius 3 is 2.78 bits per heavy atom. The lowest BCUT2D eigenvalue weighted by Gasteiger charge is -2.23. The fraction of sp³-hybridized carbons (Fsp3) is 0.529. The van der Waals surface area contributed by atoms with Gasteiger partial charge in [-0.2, -0.15) is 0 Å². The number of benzene rings is 1. The highest BCUT2D eigenvalue weighted by molar-refractivity contribution is 6.04. The van der Waals surface area contributed by atoms with Crippen LogP contribution < -0.4 is 21.1 Å². The zero-order valence-electron chi connectivity index (χ0n) is 13.4. The van der Waals surface area contributed by atoms with E-state index in [2.05, 4.69) is 10.6 Å². The summed E-state index contributed by atoms with van der Waals surface area (Å²) in [5.74, 6) is 0.0187. The third-order valence-electron chi connectivity index (χ3n) is 4.93. The van der Waals surface area contributed by atoms with Crippen LogP contribution in [0.1, 0.15) is 36.5 Å². The van der Waals surface area contributed by atoms with E-state index >= 15 is 0 Å². The quantitative estimate of drug-likeness (QED) is 0.767. The van der Waals surface area contributed by atoms with E-state index in [-0.39, 0.29) is 22.8 Å². The van der Waals surface area contributed by atoms with E-state index in [0.29, 0.717) is 18.0 Å². The number of carbonyl (C=O) groups is 2. The first-order valence-electron chi connectivity index (χ1n) is 8.14. The first kappa shape index (κ1) is 15.8. The summed E-state index contributed by atoms with van der Waals surface area (Å²) in [6.45, 7) is 4.31. The molecule has 2 aliphatic rings. The Kier molecular flexibility index (Phi) is 4.26. The van der Waals surface area contributed by atoms with Gasteiger partial charge in [-0.15, -0.1) is 0 Å². The SMILES string of the molecule is CCOc1ccc(NC(=O)C2CC23CCNCC3)c(C(N)=O)c1. The van der Waals surface area contributed by atoms with Crippen molar-refractivity contribution < 1.29 is 14.3 Å². The third kappa shape index (κ3) is 3.17. The van der Waals surface area contributed by atoms with Gasteiger partial charge in [0.05, 0.1) is 17.9 Å². The van der Waals surface area contributed by atoms with Gasteiger partial charge in [0.15, 0.2) is 0 Å². The number of amides is 2. The van der Waals surface area contributed by atoms with Gasteiger partial charge in [0.2, 0.25) is 5.91 Å². The molecule has 124 valence electrons. The van der Waals surface area contributed by atoms with Crippen molar-refractivity contribution in [2.45, 2.75) is 26.2 Å². The van der Waals surface area contributed by atoms with Gasteiger partial charge in [-0.1, -0.05) is 0 Å². The molecular formula is C17H23N3O3. The van der Waals surface area contributed by atoms with E-state index in [1.54, 1.807) is 18.2 Å². The van der Waals surface area contributed by atoms with Crippen LogP contribution in [0.5, 0.6) is 5.75 Å². The van der Waals surface area contributed by atoms with Gasteiger partial charge >= 0.3 is 0 Å². The molecule has 1 saturated carbocycles. The van der Waals surface area contributed by atoms with Crippen LogP contribution in [0.25, 0.3) is 0 Å². The highest BCUT2D eigenvalue weighted by atomic mass is 16.5. The van der Waals surface area contributed by atoms with Crippen molar-refractivity contribution in [3.63, 3.8) is 0 Å². The molecule has 0 radical (unpaired) electrons. The molecule has 23 heavy (non-hydrogen) atoms. The maximum absolute atomic E-state index is 12.5. The highest BCUT2D eigenvalue weighted by Gasteiger charge is 2.57. The molecule has 1 atom stereocenters. The van der Waals surface area contributed by atoms with E-state index in [0.717, 1.165) is 32.4 Å². The molecule has 3 rings (SSSR count). The van der Waals surface area contributed by atoms with Gasteiger partial charge in [0.25, 0.3) is 5.91 Å². The van der Waals surface area contributed by atoms with Gasteiger partial charge in [-0.3, -0.25) is 9.59 Å². The third-order valence-corrected chi connectivity index (χ3v) is 4.93. The van der Waals surface area contributed by atoms with Crippen LogP contribution in [0, 0.1) is 11.3 Å². The Balaban J connectivity index is 1.72. The Bertz CT molecular complexity index is 624. The summed E-state index contributed by atoms with van der Waals surface area (Å²) in [6, 6.07) is 4.99. The molecule has 1 aliphatic heterocycles. The fourth-order valence-electron chi connectivity index (χ4n) is 3.51. The largest absolute Gasteiger partial charge is 0.494 e. The second-order valence-electron chi connectivity index (χ2n) is 6.36. The zero-order valence-corrected chi connectivity index (χ0v) is 13.4. The van der Waals surface area contributed by atoms with Crippen molar-refractivity contribution in [2.24, 2.45) is 17.1 Å². The number of ether oxygens (including phenoxy) is 1. The zero-order chi connectivity index (χ0) is 16.4. The van der Waals surface area contributed by atoms with E-state index in [9.17, 15) is 9.59 Å². The summed E-state index contributed by atoms with van der Waals surface area (Å²) in [5, 5.41) is 6.20. The molecule has 1 heterocycles. The van der Waals surface area contributed by atoms with E-state index < -0.39 is 5.91 Å². The maximum Gasteiger partial charge on any atom is 0.250 e. The normalized spacial score (nSPS) is 21.7. The molecule has 1 aliphatic carbocycles. The number of piperidine rings is 1. The van der Waals surface area contributed by atoms with E-state index in [1.807, 2.05) is 6.92 Å². The number of carbonyl (C=O) groups excluding carboxylic acids is 2. The summed E-state index contributed by atoms with van der Waals surface area (Å²) in [5.41, 5.74) is 6.33. The van der Waals surface area contributed by atoms with E-state index in [1.165, 1.54) is 0 Å². The number of hydrogen-bond acceptors (Lipinski definition) is 4. The number of hydrogen-bond donors (Lipinski definition) is 3. The predicted octanol–water partition coefficient (Wildman–Crippen LogP) is 1.51. The van der Waals surface area contributed by atoms with Gasteiger partial charge in [-0.05, 0) is 62.9 Å². The van der Waals surface area contributed by atoms with Crippen molar-refractivity contribution in [3.8, 4) is 5.75 Å². The monoisotopic (exact) mass is 317 g/mol. The molecule has 4 N–H and O–H groups in total. The number of nitrogens with two attached hydrogens (primary N) is 1. The summed E-state index contributed by atoms with van der Waals surface area (Å²) in [7, 11) is 0. The summed E-state index contributed by atoms with van der Waals surface area (Å²) in [4.78, 5) is 24.2. The van der Waals surface area contributed by atoms with Gasteiger partial charge in [-0.25, -0.2) is 0 Å². The molecular weight excluding hydrogens is 294 g/mol. The maximum atomic E-state index is 12.5. The molecule has 0 bridgehead atoms. The van der Waals surface area contributed by atoms with Crippen molar-refractivity contribution >= 4 is 17.5 Å². The van der Waals surface area contributed by atoms with Crippen molar-refractivity contribution in [1.29, 1.82) is 0 Å². The number of rotatable bonds is 5. The molecule has 1 aromatic rings. The number of primary amides is 1. The fourth-order valence-corrected chi connectivity index (χ4v) is 3.51. The topological polar surface area (TPSA) is 93.4 Å². The highest BCUT2D eigenvalue weighted by Crippen LogP contribution is 2.58. The molecule has 6 nitrogen and oxygen atoms in total. The summed E-state index contributed by atoms with van der Waals surface area (Å²) >= 11 is 0. The van der Waals surface area contributed by atoms with Crippen LogP contribution in [-0.2, 0) is 4.79 Å². The molecule has 1 spiro atoms. The Morgan fingerprint density at radius 1 is 1.39 bits per heavy atom. The minimum Gasteiger partial charge on any atom is -0.494 e. The van der Waals surface area contributed by atoms with Crippen LogP contribution in [0.4, 0.5) is 5.69 Å². The van der Waals surface area contributed by atoms with Gasteiger partial charge in [0.1, 0.15) is 5.75 Å². The number of anilines is 1. The minimum atomic E-state index is -0.575. The van der Waals surface area contributed by atoms with Crippen LogP contribution >= 0.6 is 0 Å². The van der Waals surface area contributed by atoms with Crippen LogP contribution in [0.3, 0.4) is 0 Å². The molecule has 0 aromatic heterocycles. The number of nitrogens with one attached hydrogen (secondary N) is 2. The van der Waals surface area contributed by atoms with E-state index in [4.69, 9.17) is 10.5 Å². The molecule has 2 fully saturated rings. The van der Waals surface area contributed by atoms with Crippen LogP contribution in [0.15, 0.2) is 18.2 Å². The lowest BCUT2D eigenvalue weighted by atomic mass is 9.91. The molecule has 1 unspecified atom stereocenters. The standard InChI is InChI=1S/C17H23N3O3/c1-2-23-11-3-4-14(12(9-11)15(18)21)20-16(22)13-10-17(13)5-7-19-8-6-17/h3-4,9,13,19H,2,5-8,10H2,1H3,(H2,18,21)(H,20,22). The first-order valence-corrected chi connectivity index (χ1v) is 8.14. The van der Waals surface area contributed by atoms with Crippen molar-refractivity contribution in [1.82, 2.24) is 5.32 Å². The smallest absolute Gasteiger partial charge is 0.250 e. The first-order chi connectivity index (χ1) is 11.1. The van der Waals surface area contributed by atoms with Crippen LogP contribution in [0.2, 0.25) is 0 Å². The Hall–Kier alpha value is -2.08. The molecule has 1 saturated heterocycles. The average molecular weight is 317 g/mol. The Labute approximate surface area is 135 Å². The average Bonchev–Trinajstić information content (AvgIpc) is 3.23. The Morgan fingerprint density at radius 2 is 2.13 bits per heavy atom. The summed E-state index contributed by atoms with van der Waals surface area (Å²) in [6.07, 6.45) is 3.01. The summed E-state index contributed by atoms with van der Waals surface area (Å²) < 4.78 is 5.38. The second kappa shape index (κ2) is 6.20. The van der Waals surface area contributed by atoms with Crippen LogP contribution in [-0.4, -0.2) is 31.5 Å². The van der Waals surface area contributed by atoms with Gasteiger partial charge in [0, 0.05) is 5.92 Å². The van der Waals surface area contributed by atoms with Crippen molar-refractivity contribution in [2.75, 3.05) is 25.0 Å². The van der Waals surface area contributed by atoms with Gasteiger partial charge < -0.3 is 21.1 Å². The second-order valence-corrected chi connectivity index (χ2v) is 6.36. The van der Waals surface area contributed by atoms with Crippen molar-refractivity contribution in [3.05, 3.63) is 23.8 Å². The minimum absolute atomic E-state index is 0.0152. The lowest BCUT2D eigenvalue weighted by Crippen LogP contribution is -2.31.